The van der Waals surface area contributed by atoms with Crippen LogP contribution in [0.2, 0.25) is 0 Å². The van der Waals surface area contributed by atoms with E-state index in [1.54, 1.807) is 0 Å². The van der Waals surface area contributed by atoms with Gasteiger partial charge in [-0.3, -0.25) is 14.5 Å². The Morgan fingerprint density at radius 2 is 1.92 bits per heavy atom. The van der Waals surface area contributed by atoms with Gasteiger partial charge < -0.3 is 9.88 Å². The number of fused-ring (bicyclic) bond motifs is 1. The zero-order valence-corrected chi connectivity index (χ0v) is 13.7. The van der Waals surface area contributed by atoms with Crippen molar-refractivity contribution in [1.82, 2.24) is 19.8 Å². The Morgan fingerprint density at radius 3 is 2.67 bits per heavy atom. The van der Waals surface area contributed by atoms with Crippen molar-refractivity contribution in [3.63, 3.8) is 0 Å². The summed E-state index contributed by atoms with van der Waals surface area (Å²) in [6, 6.07) is 8.22. The molecule has 1 saturated heterocycles. The van der Waals surface area contributed by atoms with E-state index in [2.05, 4.69) is 14.9 Å². The van der Waals surface area contributed by atoms with Gasteiger partial charge in [0.05, 0.1) is 11.0 Å². The van der Waals surface area contributed by atoms with Gasteiger partial charge in [0.2, 0.25) is 5.91 Å². The molecule has 1 aliphatic carbocycles. The number of amides is 1. The fourth-order valence-electron chi connectivity index (χ4n) is 3.40. The third kappa shape index (κ3) is 3.19. The Bertz CT molecular complexity index is 804. The van der Waals surface area contributed by atoms with Gasteiger partial charge in [-0.15, -0.1) is 0 Å². The lowest BCUT2D eigenvalue weighted by atomic mass is 10.2. The van der Waals surface area contributed by atoms with Crippen LogP contribution in [0.15, 0.2) is 29.1 Å². The second kappa shape index (κ2) is 6.36. The second-order valence-electron chi connectivity index (χ2n) is 6.68. The Morgan fingerprint density at radius 1 is 1.17 bits per heavy atom. The van der Waals surface area contributed by atoms with Crippen molar-refractivity contribution in [3.05, 3.63) is 40.3 Å². The molecule has 24 heavy (non-hydrogen) atoms. The first kappa shape index (κ1) is 15.3. The topological polar surface area (TPSA) is 69.3 Å². The maximum Gasteiger partial charge on any atom is 0.270 e. The number of nitrogens with zero attached hydrogens (tertiary/aromatic N) is 3. The first-order chi connectivity index (χ1) is 11.7. The van der Waals surface area contributed by atoms with Crippen LogP contribution in [0.5, 0.6) is 0 Å². The quantitative estimate of drug-likeness (QED) is 0.915. The highest BCUT2D eigenvalue weighted by Crippen LogP contribution is 2.27. The summed E-state index contributed by atoms with van der Waals surface area (Å²) >= 11 is 0. The van der Waals surface area contributed by atoms with E-state index in [9.17, 15) is 9.59 Å². The number of aromatic nitrogens is 2. The maximum absolute atomic E-state index is 12.4. The van der Waals surface area contributed by atoms with Crippen LogP contribution in [0, 0.1) is 0 Å². The van der Waals surface area contributed by atoms with E-state index in [0.29, 0.717) is 18.5 Å². The van der Waals surface area contributed by atoms with Crippen molar-refractivity contribution in [2.75, 3.05) is 26.2 Å². The van der Waals surface area contributed by atoms with E-state index in [-0.39, 0.29) is 11.5 Å². The lowest BCUT2D eigenvalue weighted by molar-refractivity contribution is -0.133. The summed E-state index contributed by atoms with van der Waals surface area (Å²) in [5.41, 5.74) is 1.74. The molecule has 2 aromatic rings. The molecule has 1 aromatic heterocycles. The Kier molecular flexibility index (Phi) is 4.06. The van der Waals surface area contributed by atoms with Crippen LogP contribution in [0.1, 0.15) is 25.0 Å². The molecule has 0 atom stereocenters. The number of nitrogens with one attached hydrogen (secondary N) is 1. The number of rotatable bonds is 4. The van der Waals surface area contributed by atoms with Crippen LogP contribution in [0.3, 0.4) is 0 Å². The van der Waals surface area contributed by atoms with E-state index < -0.39 is 0 Å². The molecule has 0 radical (unpaired) electrons. The molecule has 6 nitrogen and oxygen atoms in total. The molecule has 0 bridgehead atoms. The van der Waals surface area contributed by atoms with Crippen molar-refractivity contribution in [2.24, 2.45) is 0 Å². The predicted octanol–water partition coefficient (Wildman–Crippen LogP) is 1.16. The van der Waals surface area contributed by atoms with Crippen LogP contribution in [-0.2, 0) is 11.2 Å². The highest BCUT2D eigenvalue weighted by atomic mass is 16.2. The molecule has 0 unspecified atom stereocenters. The smallest absolute Gasteiger partial charge is 0.270 e. The Balaban J connectivity index is 1.37. The zero-order valence-electron chi connectivity index (χ0n) is 13.7. The van der Waals surface area contributed by atoms with Gasteiger partial charge in [-0.05, 0) is 25.0 Å². The summed E-state index contributed by atoms with van der Waals surface area (Å²) in [4.78, 5) is 36.2. The molecule has 0 spiro atoms. The second-order valence-corrected chi connectivity index (χ2v) is 6.68. The first-order valence-corrected chi connectivity index (χ1v) is 8.70. The number of aromatic amines is 1. The number of carbonyl (C=O) groups excluding carboxylic acids is 1. The normalized spacial score (nSPS) is 18.9. The molecule has 4 rings (SSSR count). The van der Waals surface area contributed by atoms with Crippen LogP contribution in [0.25, 0.3) is 11.0 Å². The third-order valence-corrected chi connectivity index (χ3v) is 4.98. The number of benzene rings is 1. The molecule has 1 N–H and O–H groups in total. The van der Waals surface area contributed by atoms with Gasteiger partial charge in [0.1, 0.15) is 5.69 Å². The van der Waals surface area contributed by atoms with E-state index in [1.807, 2.05) is 29.2 Å². The van der Waals surface area contributed by atoms with Crippen LogP contribution < -0.4 is 5.56 Å². The largest absolute Gasteiger partial charge is 0.340 e. The van der Waals surface area contributed by atoms with E-state index in [0.717, 1.165) is 43.3 Å². The molecule has 1 amide bonds. The van der Waals surface area contributed by atoms with Crippen molar-refractivity contribution in [3.8, 4) is 0 Å². The lowest BCUT2D eigenvalue weighted by Gasteiger charge is -2.34. The summed E-state index contributed by atoms with van der Waals surface area (Å²) < 4.78 is 0. The van der Waals surface area contributed by atoms with Crippen LogP contribution >= 0.6 is 0 Å². The van der Waals surface area contributed by atoms with Crippen LogP contribution in [-0.4, -0.2) is 57.9 Å². The van der Waals surface area contributed by atoms with Crippen molar-refractivity contribution >= 4 is 16.9 Å². The SMILES string of the molecule is O=C(CCc1nc2ccccc2[nH]c1=O)N1CCN(C2CC2)CC1. The number of para-hydroxylation sites is 2. The molecule has 2 aliphatic rings. The van der Waals surface area contributed by atoms with Crippen molar-refractivity contribution in [2.45, 2.75) is 31.7 Å². The van der Waals surface area contributed by atoms with Gasteiger partial charge in [0, 0.05) is 45.1 Å². The molecule has 1 aliphatic heterocycles. The van der Waals surface area contributed by atoms with Crippen LogP contribution in [0.4, 0.5) is 0 Å². The Hall–Kier alpha value is -2.21. The third-order valence-electron chi connectivity index (χ3n) is 4.98. The van der Waals surface area contributed by atoms with E-state index >= 15 is 0 Å². The number of hydrogen-bond donors (Lipinski definition) is 1. The average Bonchev–Trinajstić information content (AvgIpc) is 3.45. The highest BCUT2D eigenvalue weighted by Gasteiger charge is 2.32. The molecular formula is C18H22N4O2. The number of carbonyl (C=O) groups is 1. The number of H-pyrrole nitrogens is 1. The van der Waals surface area contributed by atoms with Gasteiger partial charge >= 0.3 is 0 Å². The predicted molar refractivity (Wildman–Crippen MR) is 91.9 cm³/mol. The minimum Gasteiger partial charge on any atom is -0.340 e. The summed E-state index contributed by atoms with van der Waals surface area (Å²) in [7, 11) is 0. The lowest BCUT2D eigenvalue weighted by Crippen LogP contribution is -2.49. The zero-order chi connectivity index (χ0) is 16.5. The number of piperazine rings is 1. The summed E-state index contributed by atoms with van der Waals surface area (Å²) in [6.45, 7) is 3.56. The van der Waals surface area contributed by atoms with Gasteiger partial charge in [-0.1, -0.05) is 12.1 Å². The van der Waals surface area contributed by atoms with E-state index in [1.165, 1.54) is 12.8 Å². The summed E-state index contributed by atoms with van der Waals surface area (Å²) in [5, 5.41) is 0. The fourth-order valence-corrected chi connectivity index (χ4v) is 3.40. The van der Waals surface area contributed by atoms with Crippen molar-refractivity contribution in [1.29, 1.82) is 0 Å². The maximum atomic E-state index is 12.4. The molecule has 2 fully saturated rings. The Labute approximate surface area is 140 Å². The fraction of sp³-hybridized carbons (Fsp3) is 0.500. The highest BCUT2D eigenvalue weighted by molar-refractivity contribution is 5.77. The number of aryl methyl sites for hydroxylation is 1. The monoisotopic (exact) mass is 326 g/mol. The summed E-state index contributed by atoms with van der Waals surface area (Å²) in [5.74, 6) is 0.125. The summed E-state index contributed by atoms with van der Waals surface area (Å²) in [6.07, 6.45) is 3.36. The first-order valence-electron chi connectivity index (χ1n) is 8.70. The molecule has 6 heteroatoms. The molecule has 1 aromatic carbocycles. The minimum atomic E-state index is -0.194. The molecule has 126 valence electrons. The van der Waals surface area contributed by atoms with Crippen molar-refractivity contribution < 1.29 is 4.79 Å². The number of hydrogen-bond acceptors (Lipinski definition) is 4. The molecule has 1 saturated carbocycles. The van der Waals surface area contributed by atoms with Gasteiger partial charge in [-0.25, -0.2) is 4.98 Å². The standard InChI is InChI=1S/C18H22N4O2/c23-17(22-11-9-21(10-12-22)13-5-6-13)8-7-16-18(24)20-15-4-2-1-3-14(15)19-16/h1-4,13H,5-12H2,(H,20,24). The van der Waals surface area contributed by atoms with Gasteiger partial charge in [0.15, 0.2) is 0 Å². The van der Waals surface area contributed by atoms with Gasteiger partial charge in [-0.2, -0.15) is 0 Å². The van der Waals surface area contributed by atoms with E-state index in [4.69, 9.17) is 0 Å². The average molecular weight is 326 g/mol. The molecule has 2 heterocycles. The molecular weight excluding hydrogens is 304 g/mol. The minimum absolute atomic E-state index is 0.125. The van der Waals surface area contributed by atoms with Gasteiger partial charge in [0.25, 0.3) is 5.56 Å².